The Hall–Kier alpha value is -3.47. The fourth-order valence-corrected chi connectivity index (χ4v) is 4.96. The number of carbonyl (C=O) groups excluding carboxylic acids is 3. The number of hydrogen-bond donors (Lipinski definition) is 1. The van der Waals surface area contributed by atoms with Crippen LogP contribution in [0.25, 0.3) is 10.8 Å². The van der Waals surface area contributed by atoms with Gasteiger partial charge in [0, 0.05) is 33.0 Å². The van der Waals surface area contributed by atoms with Crippen molar-refractivity contribution in [2.75, 3.05) is 10.2 Å². The molecule has 2 atom stereocenters. The van der Waals surface area contributed by atoms with Crippen LogP contribution in [0.2, 0.25) is 0 Å². The summed E-state index contributed by atoms with van der Waals surface area (Å²) in [5.74, 6) is -1.14. The van der Waals surface area contributed by atoms with Gasteiger partial charge in [-0.15, -0.1) is 0 Å². The Morgan fingerprint density at radius 3 is 2.17 bits per heavy atom. The standard InChI is InChI=1S/C24H18N2O3/c1-10-8-17-18(9-11(10)2)26-23(25-17)15-6-4-13-19-14(22(28)12(3)21(13)27)5-7-16(20(15)19)24(26)29/h4-9,12,23,25H,1-3H3. The molecule has 6 rings (SSSR count). The van der Waals surface area contributed by atoms with Gasteiger partial charge in [0.15, 0.2) is 11.6 Å². The van der Waals surface area contributed by atoms with Gasteiger partial charge in [-0.05, 0) is 56.2 Å². The first kappa shape index (κ1) is 16.5. The zero-order chi connectivity index (χ0) is 20.2. The highest BCUT2D eigenvalue weighted by atomic mass is 16.2. The van der Waals surface area contributed by atoms with Gasteiger partial charge in [-0.3, -0.25) is 19.3 Å². The zero-order valence-electron chi connectivity index (χ0n) is 16.3. The van der Waals surface area contributed by atoms with Crippen molar-refractivity contribution in [3.8, 4) is 0 Å². The molecule has 142 valence electrons. The van der Waals surface area contributed by atoms with Crippen molar-refractivity contribution in [1.29, 1.82) is 0 Å². The van der Waals surface area contributed by atoms with Gasteiger partial charge in [-0.25, -0.2) is 0 Å². The molecule has 1 N–H and O–H groups in total. The average Bonchev–Trinajstić information content (AvgIpc) is 3.07. The minimum Gasteiger partial charge on any atom is -0.359 e. The van der Waals surface area contributed by atoms with E-state index >= 15 is 0 Å². The predicted molar refractivity (Wildman–Crippen MR) is 111 cm³/mol. The zero-order valence-corrected chi connectivity index (χ0v) is 16.3. The molecule has 0 spiro atoms. The number of fused-ring (bicyclic) bond motifs is 4. The van der Waals surface area contributed by atoms with E-state index in [2.05, 4.69) is 18.3 Å². The lowest BCUT2D eigenvalue weighted by Gasteiger charge is -2.33. The van der Waals surface area contributed by atoms with E-state index in [0.29, 0.717) is 22.1 Å². The molecular formula is C24H18N2O3. The SMILES string of the molecule is Cc1cc2c(cc1C)N1C(=O)c3ccc4c5c(ccc(c35)C1N2)C(=O)C(C)C4=O. The Morgan fingerprint density at radius 2 is 1.45 bits per heavy atom. The minimum absolute atomic E-state index is 0.112. The Balaban J connectivity index is 1.67. The lowest BCUT2D eigenvalue weighted by molar-refractivity contribution is 0.0815. The number of benzene rings is 3. The van der Waals surface area contributed by atoms with E-state index in [4.69, 9.17) is 0 Å². The van der Waals surface area contributed by atoms with E-state index < -0.39 is 5.92 Å². The van der Waals surface area contributed by atoms with Crippen LogP contribution in [-0.2, 0) is 0 Å². The number of aryl methyl sites for hydroxylation is 2. The number of amides is 1. The molecule has 5 nitrogen and oxygen atoms in total. The first-order valence-electron chi connectivity index (χ1n) is 9.78. The molecule has 0 bridgehead atoms. The lowest BCUT2D eigenvalue weighted by atomic mass is 9.77. The minimum atomic E-state index is -0.683. The van der Waals surface area contributed by atoms with Gasteiger partial charge in [0.1, 0.15) is 6.17 Å². The summed E-state index contributed by atoms with van der Waals surface area (Å²) in [6.45, 7) is 5.74. The van der Waals surface area contributed by atoms with Gasteiger partial charge in [0.25, 0.3) is 5.91 Å². The summed E-state index contributed by atoms with van der Waals surface area (Å²) < 4.78 is 0. The van der Waals surface area contributed by atoms with Gasteiger partial charge >= 0.3 is 0 Å². The summed E-state index contributed by atoms with van der Waals surface area (Å²) in [6.07, 6.45) is -0.347. The van der Waals surface area contributed by atoms with Crippen molar-refractivity contribution >= 4 is 39.6 Å². The highest BCUT2D eigenvalue weighted by Gasteiger charge is 2.43. The fourth-order valence-electron chi connectivity index (χ4n) is 4.96. The van der Waals surface area contributed by atoms with Crippen LogP contribution in [0.5, 0.6) is 0 Å². The summed E-state index contributed by atoms with van der Waals surface area (Å²) in [6, 6.07) is 11.3. The van der Waals surface area contributed by atoms with Gasteiger partial charge < -0.3 is 5.32 Å². The van der Waals surface area contributed by atoms with Crippen LogP contribution in [0.3, 0.4) is 0 Å². The number of rotatable bonds is 0. The van der Waals surface area contributed by atoms with Crippen LogP contribution in [0.15, 0.2) is 36.4 Å². The average molecular weight is 382 g/mol. The first-order valence-corrected chi connectivity index (χ1v) is 9.78. The monoisotopic (exact) mass is 382 g/mol. The number of nitrogens with one attached hydrogen (secondary N) is 1. The van der Waals surface area contributed by atoms with E-state index in [1.54, 1.807) is 24.0 Å². The number of anilines is 2. The number of carbonyl (C=O) groups is 3. The Labute approximate surface area is 167 Å². The molecule has 0 saturated heterocycles. The lowest BCUT2D eigenvalue weighted by Crippen LogP contribution is -2.38. The van der Waals surface area contributed by atoms with Crippen LogP contribution >= 0.6 is 0 Å². The molecule has 0 saturated carbocycles. The van der Waals surface area contributed by atoms with Crippen LogP contribution in [0.1, 0.15) is 60.9 Å². The summed E-state index contributed by atoms with van der Waals surface area (Å²) in [4.78, 5) is 40.9. The van der Waals surface area contributed by atoms with Crippen molar-refractivity contribution in [2.24, 2.45) is 5.92 Å². The number of hydrogen-bond acceptors (Lipinski definition) is 4. The van der Waals surface area contributed by atoms with E-state index in [1.165, 1.54) is 0 Å². The molecule has 3 aromatic carbocycles. The van der Waals surface area contributed by atoms with Crippen molar-refractivity contribution in [1.82, 2.24) is 0 Å². The molecule has 29 heavy (non-hydrogen) atoms. The number of nitrogens with zero attached hydrogens (tertiary/aromatic N) is 1. The molecule has 2 unspecified atom stereocenters. The molecular weight excluding hydrogens is 364 g/mol. The molecule has 1 aliphatic carbocycles. The van der Waals surface area contributed by atoms with Crippen LogP contribution in [0, 0.1) is 19.8 Å². The third-order valence-corrected chi connectivity index (χ3v) is 6.68. The summed E-state index contributed by atoms with van der Waals surface area (Å²) >= 11 is 0. The molecule has 0 aromatic heterocycles. The van der Waals surface area contributed by atoms with Crippen molar-refractivity contribution in [2.45, 2.75) is 26.9 Å². The Morgan fingerprint density at radius 1 is 0.828 bits per heavy atom. The largest absolute Gasteiger partial charge is 0.359 e. The van der Waals surface area contributed by atoms with Gasteiger partial charge in [0.05, 0.1) is 17.3 Å². The molecule has 3 aliphatic rings. The third kappa shape index (κ3) is 1.83. The molecule has 2 heterocycles. The Kier molecular flexibility index (Phi) is 2.91. The number of ketones is 2. The smallest absolute Gasteiger partial charge is 0.260 e. The molecule has 5 heteroatoms. The maximum absolute atomic E-state index is 13.5. The van der Waals surface area contributed by atoms with Crippen molar-refractivity contribution in [3.05, 3.63) is 69.8 Å². The second kappa shape index (κ2) is 5.11. The summed E-state index contributed by atoms with van der Waals surface area (Å²) in [7, 11) is 0. The molecule has 0 radical (unpaired) electrons. The van der Waals surface area contributed by atoms with E-state index in [9.17, 15) is 14.4 Å². The second-order valence-corrected chi connectivity index (χ2v) is 8.24. The Bertz CT molecular complexity index is 1320. The quantitative estimate of drug-likeness (QED) is 0.579. The highest BCUT2D eigenvalue weighted by Crippen LogP contribution is 2.49. The maximum atomic E-state index is 13.5. The highest BCUT2D eigenvalue weighted by molar-refractivity contribution is 6.32. The molecule has 3 aromatic rings. The van der Waals surface area contributed by atoms with Crippen LogP contribution in [-0.4, -0.2) is 17.5 Å². The summed E-state index contributed by atoms with van der Waals surface area (Å²) in [5, 5.41) is 4.84. The topological polar surface area (TPSA) is 66.5 Å². The van der Waals surface area contributed by atoms with Crippen molar-refractivity contribution in [3.63, 3.8) is 0 Å². The second-order valence-electron chi connectivity index (χ2n) is 8.24. The van der Waals surface area contributed by atoms with Gasteiger partial charge in [-0.1, -0.05) is 12.1 Å². The van der Waals surface area contributed by atoms with E-state index in [0.717, 1.165) is 33.5 Å². The molecule has 1 amide bonds. The van der Waals surface area contributed by atoms with Gasteiger partial charge in [0.2, 0.25) is 0 Å². The maximum Gasteiger partial charge on any atom is 0.260 e. The summed E-state index contributed by atoms with van der Waals surface area (Å²) in [5.41, 5.74) is 6.60. The third-order valence-electron chi connectivity index (χ3n) is 6.68. The van der Waals surface area contributed by atoms with Crippen molar-refractivity contribution < 1.29 is 14.4 Å². The van der Waals surface area contributed by atoms with E-state index in [-0.39, 0.29) is 23.6 Å². The van der Waals surface area contributed by atoms with Gasteiger partial charge in [-0.2, -0.15) is 0 Å². The number of Topliss-reactive ketones (excluding diaryl/α,β-unsaturated/α-hetero) is 2. The first-order chi connectivity index (χ1) is 13.9. The van der Waals surface area contributed by atoms with E-state index in [1.807, 2.05) is 25.1 Å². The van der Waals surface area contributed by atoms with Crippen LogP contribution in [0.4, 0.5) is 11.4 Å². The molecule has 2 aliphatic heterocycles. The van der Waals surface area contributed by atoms with Crippen LogP contribution < -0.4 is 10.2 Å². The molecule has 0 fully saturated rings. The predicted octanol–water partition coefficient (Wildman–Crippen LogP) is 4.56. The normalized spacial score (nSPS) is 21.3. The fraction of sp³-hybridized carbons (Fsp3) is 0.208.